The smallest absolute Gasteiger partial charge is 0.328 e. The Labute approximate surface area is 82.8 Å². The molecule has 1 aliphatic carbocycles. The fourth-order valence-corrected chi connectivity index (χ4v) is 2.52. The van der Waals surface area contributed by atoms with Gasteiger partial charge in [-0.05, 0) is 19.3 Å². The molecule has 0 aromatic carbocycles. The highest BCUT2D eigenvalue weighted by Gasteiger charge is 2.29. The standard InChI is InChI=1S/C8H16NO4P/c9-7-3-1-2-6(4-7)8(10)5-14(11,12)13/h6-7H,1-5,9H2,(H2,11,12,13)/t6-,7+/m1/s1. The molecule has 0 unspecified atom stereocenters. The maximum atomic E-state index is 11.4. The SMILES string of the molecule is N[C@H]1CCC[C@@H](C(=O)CP(=O)(O)O)C1. The van der Waals surface area contributed by atoms with Gasteiger partial charge in [0.05, 0.1) is 0 Å². The minimum absolute atomic E-state index is 0.00877. The Kier molecular flexibility index (Phi) is 3.84. The van der Waals surface area contributed by atoms with Crippen LogP contribution >= 0.6 is 7.60 Å². The first kappa shape index (κ1) is 11.9. The number of carbonyl (C=O) groups excluding carboxylic acids is 1. The van der Waals surface area contributed by atoms with Gasteiger partial charge in [-0.3, -0.25) is 9.36 Å². The molecule has 14 heavy (non-hydrogen) atoms. The summed E-state index contributed by atoms with van der Waals surface area (Å²) in [6, 6.07) is 0.00877. The Morgan fingerprint density at radius 1 is 1.43 bits per heavy atom. The number of nitrogens with two attached hydrogens (primary N) is 1. The van der Waals surface area contributed by atoms with E-state index in [2.05, 4.69) is 0 Å². The van der Waals surface area contributed by atoms with Gasteiger partial charge >= 0.3 is 7.60 Å². The van der Waals surface area contributed by atoms with E-state index < -0.39 is 13.8 Å². The number of rotatable bonds is 3. The average Bonchev–Trinajstić information content (AvgIpc) is 2.01. The van der Waals surface area contributed by atoms with E-state index in [1.807, 2.05) is 0 Å². The molecule has 1 aliphatic rings. The maximum absolute atomic E-state index is 11.4. The van der Waals surface area contributed by atoms with Gasteiger partial charge < -0.3 is 15.5 Å². The second-order valence-electron chi connectivity index (χ2n) is 3.91. The monoisotopic (exact) mass is 221 g/mol. The van der Waals surface area contributed by atoms with Crippen molar-refractivity contribution < 1.29 is 19.1 Å². The van der Waals surface area contributed by atoms with Gasteiger partial charge in [0.2, 0.25) is 0 Å². The molecule has 4 N–H and O–H groups in total. The van der Waals surface area contributed by atoms with Crippen LogP contribution < -0.4 is 5.73 Å². The Hall–Kier alpha value is -0.220. The summed E-state index contributed by atoms with van der Waals surface area (Å²) in [7, 11) is -4.20. The molecule has 1 rings (SSSR count). The number of carbonyl (C=O) groups is 1. The summed E-state index contributed by atoms with van der Waals surface area (Å²) in [4.78, 5) is 28.7. The number of ketones is 1. The topological polar surface area (TPSA) is 101 Å². The lowest BCUT2D eigenvalue weighted by molar-refractivity contribution is -0.121. The van der Waals surface area contributed by atoms with Crippen LogP contribution in [0.15, 0.2) is 0 Å². The minimum atomic E-state index is -4.20. The normalized spacial score (nSPS) is 28.8. The van der Waals surface area contributed by atoms with E-state index in [1.54, 1.807) is 0 Å². The number of hydrogen-bond donors (Lipinski definition) is 3. The van der Waals surface area contributed by atoms with E-state index >= 15 is 0 Å². The van der Waals surface area contributed by atoms with Crippen LogP contribution in [0.1, 0.15) is 25.7 Å². The van der Waals surface area contributed by atoms with Crippen LogP contribution in [0.5, 0.6) is 0 Å². The molecule has 0 radical (unpaired) electrons. The summed E-state index contributed by atoms with van der Waals surface area (Å²) in [5.74, 6) is -0.583. The van der Waals surface area contributed by atoms with Crippen LogP contribution in [-0.2, 0) is 9.36 Å². The second kappa shape index (κ2) is 4.53. The lowest BCUT2D eigenvalue weighted by Gasteiger charge is -2.25. The molecule has 2 atom stereocenters. The quantitative estimate of drug-likeness (QED) is 0.593. The molecule has 0 spiro atoms. The molecule has 0 amide bonds. The fourth-order valence-electron chi connectivity index (χ4n) is 1.85. The largest absolute Gasteiger partial charge is 0.332 e. The molecule has 1 saturated carbocycles. The van der Waals surface area contributed by atoms with Crippen molar-refractivity contribution in [3.05, 3.63) is 0 Å². The van der Waals surface area contributed by atoms with Crippen molar-refractivity contribution >= 4 is 13.4 Å². The highest BCUT2D eigenvalue weighted by molar-refractivity contribution is 7.52. The van der Waals surface area contributed by atoms with E-state index in [0.29, 0.717) is 12.8 Å². The minimum Gasteiger partial charge on any atom is -0.328 e. The third-order valence-corrected chi connectivity index (χ3v) is 3.26. The zero-order chi connectivity index (χ0) is 10.8. The second-order valence-corrected chi connectivity index (χ2v) is 5.56. The molecule has 1 fully saturated rings. The molecule has 0 saturated heterocycles. The van der Waals surface area contributed by atoms with Crippen LogP contribution in [0.3, 0.4) is 0 Å². The van der Waals surface area contributed by atoms with Crippen molar-refractivity contribution in [2.75, 3.05) is 6.16 Å². The van der Waals surface area contributed by atoms with Crippen molar-refractivity contribution in [2.45, 2.75) is 31.7 Å². The highest BCUT2D eigenvalue weighted by Crippen LogP contribution is 2.36. The summed E-state index contributed by atoms with van der Waals surface area (Å²) < 4.78 is 10.6. The van der Waals surface area contributed by atoms with Gasteiger partial charge in [-0.2, -0.15) is 0 Å². The molecular formula is C8H16NO4P. The molecule has 0 aromatic rings. The van der Waals surface area contributed by atoms with Gasteiger partial charge in [0.25, 0.3) is 0 Å². The Morgan fingerprint density at radius 2 is 2.07 bits per heavy atom. The summed E-state index contributed by atoms with van der Waals surface area (Å²) in [6.45, 7) is 0. The van der Waals surface area contributed by atoms with Gasteiger partial charge in [-0.25, -0.2) is 0 Å². The highest BCUT2D eigenvalue weighted by atomic mass is 31.2. The van der Waals surface area contributed by atoms with E-state index in [-0.39, 0.29) is 17.7 Å². The summed E-state index contributed by atoms with van der Waals surface area (Å²) in [6.07, 6.45) is 2.42. The van der Waals surface area contributed by atoms with E-state index in [9.17, 15) is 9.36 Å². The molecule has 6 heteroatoms. The predicted molar refractivity (Wildman–Crippen MR) is 51.9 cm³/mol. The summed E-state index contributed by atoms with van der Waals surface area (Å²) >= 11 is 0. The maximum Gasteiger partial charge on any atom is 0.332 e. The summed E-state index contributed by atoms with van der Waals surface area (Å²) in [5, 5.41) is 0. The van der Waals surface area contributed by atoms with Gasteiger partial charge in [0.1, 0.15) is 11.9 Å². The van der Waals surface area contributed by atoms with Crippen LogP contribution in [0.2, 0.25) is 0 Å². The van der Waals surface area contributed by atoms with Crippen molar-refractivity contribution in [2.24, 2.45) is 11.7 Å². The average molecular weight is 221 g/mol. The fraction of sp³-hybridized carbons (Fsp3) is 0.875. The van der Waals surface area contributed by atoms with Gasteiger partial charge in [-0.1, -0.05) is 6.42 Å². The lowest BCUT2D eigenvalue weighted by atomic mass is 9.84. The first-order valence-corrected chi connectivity index (χ1v) is 6.51. The predicted octanol–water partition coefficient (Wildman–Crippen LogP) is 0.251. The first-order chi connectivity index (χ1) is 6.38. The lowest BCUT2D eigenvalue weighted by Crippen LogP contribution is -2.32. The van der Waals surface area contributed by atoms with Crippen LogP contribution in [-0.4, -0.2) is 27.8 Å². The zero-order valence-corrected chi connectivity index (χ0v) is 8.82. The third kappa shape index (κ3) is 3.88. The van der Waals surface area contributed by atoms with Crippen molar-refractivity contribution in [1.29, 1.82) is 0 Å². The Balaban J connectivity index is 2.48. The molecule has 0 heterocycles. The van der Waals surface area contributed by atoms with E-state index in [1.165, 1.54) is 0 Å². The Bertz CT molecular complexity index is 262. The van der Waals surface area contributed by atoms with Gasteiger partial charge in [-0.15, -0.1) is 0 Å². The van der Waals surface area contributed by atoms with E-state index in [4.69, 9.17) is 15.5 Å². The molecule has 0 aromatic heterocycles. The van der Waals surface area contributed by atoms with Crippen LogP contribution in [0.25, 0.3) is 0 Å². The van der Waals surface area contributed by atoms with Crippen molar-refractivity contribution in [3.8, 4) is 0 Å². The molecule has 0 bridgehead atoms. The Morgan fingerprint density at radius 3 is 2.57 bits per heavy atom. The van der Waals surface area contributed by atoms with Gasteiger partial charge in [0, 0.05) is 12.0 Å². The van der Waals surface area contributed by atoms with E-state index in [0.717, 1.165) is 12.8 Å². The molecule has 0 aliphatic heterocycles. The molecule has 5 nitrogen and oxygen atoms in total. The van der Waals surface area contributed by atoms with Crippen LogP contribution in [0.4, 0.5) is 0 Å². The third-order valence-electron chi connectivity index (χ3n) is 2.53. The van der Waals surface area contributed by atoms with Gasteiger partial charge in [0.15, 0.2) is 0 Å². The first-order valence-electron chi connectivity index (χ1n) is 4.71. The number of hydrogen-bond acceptors (Lipinski definition) is 3. The number of Topliss-reactive ketones (excluding diaryl/α,β-unsaturated/α-hetero) is 1. The molecular weight excluding hydrogens is 205 g/mol. The zero-order valence-electron chi connectivity index (χ0n) is 7.93. The van der Waals surface area contributed by atoms with Crippen molar-refractivity contribution in [3.63, 3.8) is 0 Å². The molecule has 82 valence electrons. The van der Waals surface area contributed by atoms with Crippen molar-refractivity contribution in [1.82, 2.24) is 0 Å². The van der Waals surface area contributed by atoms with Crippen LogP contribution in [0, 0.1) is 5.92 Å². The summed E-state index contributed by atoms with van der Waals surface area (Å²) in [5.41, 5.74) is 5.68.